The fraction of sp³-hybridized carbons (Fsp3) is 0.500. The SMILES string of the molecule is COP(=O)(OC)c1c(C)c(Br)c(Br)c(C(Br)Br)c1P(=O)(OC)OC. The Hall–Kier alpha value is 1.44. The lowest BCUT2D eigenvalue weighted by Crippen LogP contribution is -2.34. The van der Waals surface area contributed by atoms with Crippen molar-refractivity contribution >= 4 is 89.5 Å². The average molecular weight is 638 g/mol. The molecule has 138 valence electrons. The van der Waals surface area contributed by atoms with Crippen LogP contribution in [0.1, 0.15) is 14.9 Å². The average Bonchev–Trinajstić information content (AvgIpc) is 2.57. The predicted octanol–water partition coefficient (Wildman–Crippen LogP) is 5.53. The summed E-state index contributed by atoms with van der Waals surface area (Å²) >= 11 is 13.7. The molecule has 0 aliphatic heterocycles. The van der Waals surface area contributed by atoms with E-state index < -0.39 is 18.9 Å². The van der Waals surface area contributed by atoms with Gasteiger partial charge in [0.15, 0.2) is 0 Å². The Morgan fingerprint density at radius 3 is 1.50 bits per heavy atom. The molecule has 0 aliphatic rings. The van der Waals surface area contributed by atoms with Gasteiger partial charge in [-0.3, -0.25) is 9.13 Å². The van der Waals surface area contributed by atoms with Gasteiger partial charge in [-0.1, -0.05) is 31.9 Å². The standard InChI is InChI=1S/C12H16Br4O6P2/c1-6-8(13)9(14)7(12(15)16)11(24(18,21-4)22-5)10(6)23(17,19-2)20-3/h12H,1-5H3. The lowest BCUT2D eigenvalue weighted by atomic mass is 10.2. The minimum atomic E-state index is -3.80. The highest BCUT2D eigenvalue weighted by atomic mass is 79.9. The van der Waals surface area contributed by atoms with E-state index in [-0.39, 0.29) is 10.6 Å². The van der Waals surface area contributed by atoms with E-state index in [2.05, 4.69) is 63.7 Å². The molecule has 0 amide bonds. The minimum absolute atomic E-state index is 0.117. The van der Waals surface area contributed by atoms with Gasteiger partial charge in [-0.05, 0) is 44.3 Å². The number of alkyl halides is 2. The second-order valence-corrected chi connectivity index (χ2v) is 13.4. The summed E-state index contributed by atoms with van der Waals surface area (Å²) in [7, 11) is -2.55. The smallest absolute Gasteiger partial charge is 0.309 e. The molecule has 0 aromatic heterocycles. The molecule has 0 atom stereocenters. The maximum Gasteiger partial charge on any atom is 0.362 e. The monoisotopic (exact) mass is 634 g/mol. The third-order valence-electron chi connectivity index (χ3n) is 3.32. The van der Waals surface area contributed by atoms with Crippen molar-refractivity contribution in [1.82, 2.24) is 0 Å². The van der Waals surface area contributed by atoms with Gasteiger partial charge in [-0.2, -0.15) is 0 Å². The zero-order valence-corrected chi connectivity index (χ0v) is 21.6. The largest absolute Gasteiger partial charge is 0.362 e. The number of halogens is 4. The molecule has 0 bridgehead atoms. The van der Waals surface area contributed by atoms with Crippen molar-refractivity contribution in [2.45, 2.75) is 10.7 Å². The summed E-state index contributed by atoms with van der Waals surface area (Å²) in [6.07, 6.45) is 0. The molecule has 12 heteroatoms. The molecule has 1 rings (SSSR count). The zero-order valence-electron chi connectivity index (χ0n) is 13.4. The van der Waals surface area contributed by atoms with Crippen LogP contribution >= 0.6 is 78.9 Å². The minimum Gasteiger partial charge on any atom is -0.309 e. The van der Waals surface area contributed by atoms with Crippen molar-refractivity contribution in [2.24, 2.45) is 0 Å². The van der Waals surface area contributed by atoms with Crippen molar-refractivity contribution in [3.05, 3.63) is 20.1 Å². The Bertz CT molecular complexity index is 708. The van der Waals surface area contributed by atoms with Crippen LogP contribution in [0, 0.1) is 6.92 Å². The molecule has 0 radical (unpaired) electrons. The normalized spacial score (nSPS) is 12.9. The fourth-order valence-corrected chi connectivity index (χ4v) is 9.08. The molecule has 1 aromatic carbocycles. The summed E-state index contributed by atoms with van der Waals surface area (Å²) < 4.78 is 47.8. The van der Waals surface area contributed by atoms with Crippen LogP contribution in [0.25, 0.3) is 0 Å². The lowest BCUT2D eigenvalue weighted by molar-refractivity contribution is 0.283. The zero-order chi connectivity index (χ0) is 18.9. The van der Waals surface area contributed by atoms with E-state index in [0.717, 1.165) is 0 Å². The molecule has 0 saturated heterocycles. The second-order valence-electron chi connectivity index (χ2n) is 4.39. The summed E-state index contributed by atoms with van der Waals surface area (Å²) in [5.41, 5.74) is 1.02. The van der Waals surface area contributed by atoms with Crippen LogP contribution in [0.15, 0.2) is 8.95 Å². The number of rotatable bonds is 7. The van der Waals surface area contributed by atoms with Crippen molar-refractivity contribution in [2.75, 3.05) is 28.4 Å². The van der Waals surface area contributed by atoms with Gasteiger partial charge < -0.3 is 18.1 Å². The van der Waals surface area contributed by atoms with E-state index in [1.165, 1.54) is 28.4 Å². The van der Waals surface area contributed by atoms with Gasteiger partial charge in [-0.25, -0.2) is 0 Å². The topological polar surface area (TPSA) is 71.1 Å². The molecule has 0 saturated carbocycles. The van der Waals surface area contributed by atoms with Gasteiger partial charge >= 0.3 is 15.2 Å². The van der Waals surface area contributed by atoms with Crippen molar-refractivity contribution < 1.29 is 27.2 Å². The molecule has 6 nitrogen and oxygen atoms in total. The Morgan fingerprint density at radius 2 is 1.17 bits per heavy atom. The highest BCUT2D eigenvalue weighted by molar-refractivity contribution is 9.24. The number of hydrogen-bond donors (Lipinski definition) is 0. The van der Waals surface area contributed by atoms with Crippen LogP contribution in [0.5, 0.6) is 0 Å². The molecule has 0 N–H and O–H groups in total. The van der Waals surface area contributed by atoms with Crippen molar-refractivity contribution in [3.8, 4) is 0 Å². The maximum absolute atomic E-state index is 13.2. The molecule has 0 heterocycles. The summed E-state index contributed by atoms with van der Waals surface area (Å²) in [6.45, 7) is 1.70. The summed E-state index contributed by atoms with van der Waals surface area (Å²) in [6, 6.07) is 0. The first-order valence-electron chi connectivity index (χ1n) is 6.28. The van der Waals surface area contributed by atoms with Gasteiger partial charge in [0.25, 0.3) is 0 Å². The van der Waals surface area contributed by atoms with E-state index in [4.69, 9.17) is 18.1 Å². The van der Waals surface area contributed by atoms with E-state index in [1.54, 1.807) is 6.92 Å². The molecule has 24 heavy (non-hydrogen) atoms. The maximum atomic E-state index is 13.2. The Labute approximate surface area is 174 Å². The third-order valence-corrected chi connectivity index (χ3v) is 10.8. The van der Waals surface area contributed by atoms with Gasteiger partial charge in [0.1, 0.15) is 0 Å². The van der Waals surface area contributed by atoms with Crippen molar-refractivity contribution in [1.29, 1.82) is 0 Å². The second kappa shape index (κ2) is 9.09. The lowest BCUT2D eigenvalue weighted by Gasteiger charge is -2.28. The first kappa shape index (κ1) is 23.5. The summed E-state index contributed by atoms with van der Waals surface area (Å²) in [5.74, 6) is 0. The quantitative estimate of drug-likeness (QED) is 0.289. The molecule has 0 fully saturated rings. The Morgan fingerprint density at radius 1 is 0.792 bits per heavy atom. The number of hydrogen-bond acceptors (Lipinski definition) is 6. The van der Waals surface area contributed by atoms with Crippen molar-refractivity contribution in [3.63, 3.8) is 0 Å². The van der Waals surface area contributed by atoms with E-state index in [9.17, 15) is 9.13 Å². The summed E-state index contributed by atoms with van der Waals surface area (Å²) in [4.78, 5) is 0. The molecular formula is C12H16Br4O6P2. The van der Waals surface area contributed by atoms with Gasteiger partial charge in [-0.15, -0.1) is 0 Å². The van der Waals surface area contributed by atoms with Gasteiger partial charge in [0.05, 0.1) is 14.3 Å². The molecule has 0 unspecified atom stereocenters. The Balaban J connectivity index is 4.22. The fourth-order valence-electron chi connectivity index (χ4n) is 2.12. The molecular weight excluding hydrogens is 622 g/mol. The van der Waals surface area contributed by atoms with Crippen LogP contribution < -0.4 is 10.6 Å². The molecule has 0 spiro atoms. The highest BCUT2D eigenvalue weighted by Crippen LogP contribution is 2.56. The van der Waals surface area contributed by atoms with Crippen LogP contribution in [0.3, 0.4) is 0 Å². The van der Waals surface area contributed by atoms with E-state index in [1.807, 2.05) is 0 Å². The van der Waals surface area contributed by atoms with Crippen LogP contribution in [0.4, 0.5) is 0 Å². The van der Waals surface area contributed by atoms with Crippen LogP contribution in [-0.4, -0.2) is 28.4 Å². The predicted molar refractivity (Wildman–Crippen MR) is 110 cm³/mol. The van der Waals surface area contributed by atoms with Crippen LogP contribution in [0.2, 0.25) is 0 Å². The first-order valence-corrected chi connectivity index (χ1v) is 12.8. The van der Waals surface area contributed by atoms with E-state index in [0.29, 0.717) is 20.1 Å². The first-order chi connectivity index (χ1) is 11.0. The molecule has 0 aliphatic carbocycles. The van der Waals surface area contributed by atoms with Crippen LogP contribution in [-0.2, 0) is 27.2 Å². The van der Waals surface area contributed by atoms with Gasteiger partial charge in [0, 0.05) is 42.9 Å². The molecule has 1 aromatic rings. The highest BCUT2D eigenvalue weighted by Gasteiger charge is 2.43. The van der Waals surface area contributed by atoms with E-state index >= 15 is 0 Å². The number of benzene rings is 1. The Kier molecular flexibility index (Phi) is 8.89. The summed E-state index contributed by atoms with van der Waals surface area (Å²) in [5, 5.41) is 0.249. The van der Waals surface area contributed by atoms with Gasteiger partial charge in [0.2, 0.25) is 0 Å². The third kappa shape index (κ3) is 4.13.